The SMILES string of the molecule is C=CCC1CC=C(C)CC1.[HH]. The van der Waals surface area contributed by atoms with Crippen molar-refractivity contribution in [1.82, 2.24) is 0 Å². The summed E-state index contributed by atoms with van der Waals surface area (Å²) in [5, 5.41) is 0. The first-order chi connectivity index (χ1) is 4.83. The van der Waals surface area contributed by atoms with Gasteiger partial charge in [0.1, 0.15) is 0 Å². The lowest BCUT2D eigenvalue weighted by Crippen LogP contribution is -2.02. The molecule has 0 nitrogen and oxygen atoms in total. The monoisotopic (exact) mass is 138 g/mol. The zero-order valence-electron chi connectivity index (χ0n) is 6.77. The van der Waals surface area contributed by atoms with E-state index in [1.165, 1.54) is 25.7 Å². The lowest BCUT2D eigenvalue weighted by atomic mass is 9.88. The lowest BCUT2D eigenvalue weighted by molar-refractivity contribution is 0.476. The molecule has 0 heterocycles. The van der Waals surface area contributed by atoms with Gasteiger partial charge in [-0.15, -0.1) is 6.58 Å². The summed E-state index contributed by atoms with van der Waals surface area (Å²) in [7, 11) is 0. The minimum Gasteiger partial charge on any atom is -0.103 e. The van der Waals surface area contributed by atoms with Crippen molar-refractivity contribution in [3.63, 3.8) is 0 Å². The van der Waals surface area contributed by atoms with Gasteiger partial charge in [0.05, 0.1) is 0 Å². The lowest BCUT2D eigenvalue weighted by Gasteiger charge is -2.18. The van der Waals surface area contributed by atoms with E-state index in [9.17, 15) is 0 Å². The number of hydrogen-bond acceptors (Lipinski definition) is 0. The van der Waals surface area contributed by atoms with Gasteiger partial charge in [-0.1, -0.05) is 17.7 Å². The number of hydrogen-bond donors (Lipinski definition) is 0. The van der Waals surface area contributed by atoms with Gasteiger partial charge in [-0.2, -0.15) is 0 Å². The molecule has 58 valence electrons. The molecule has 0 aliphatic heterocycles. The molecule has 0 amide bonds. The van der Waals surface area contributed by atoms with Crippen molar-refractivity contribution in [3.05, 3.63) is 24.3 Å². The molecule has 0 bridgehead atoms. The van der Waals surface area contributed by atoms with E-state index in [1.807, 2.05) is 6.08 Å². The van der Waals surface area contributed by atoms with E-state index < -0.39 is 0 Å². The molecule has 0 saturated carbocycles. The molecule has 0 spiro atoms. The Labute approximate surface area is 65.1 Å². The van der Waals surface area contributed by atoms with Crippen LogP contribution >= 0.6 is 0 Å². The first-order valence-corrected chi connectivity index (χ1v) is 4.09. The highest BCUT2D eigenvalue weighted by molar-refractivity contribution is 5.03. The molecule has 1 unspecified atom stereocenters. The predicted octanol–water partition coefficient (Wildman–Crippen LogP) is 3.55. The van der Waals surface area contributed by atoms with Crippen LogP contribution in [-0.2, 0) is 0 Å². The molecule has 1 rings (SSSR count). The summed E-state index contributed by atoms with van der Waals surface area (Å²) in [6, 6.07) is 0. The quantitative estimate of drug-likeness (QED) is 0.512. The van der Waals surface area contributed by atoms with Gasteiger partial charge < -0.3 is 0 Å². The Kier molecular flexibility index (Phi) is 2.73. The second kappa shape index (κ2) is 3.60. The van der Waals surface area contributed by atoms with Crippen LogP contribution in [0.1, 0.15) is 34.0 Å². The topological polar surface area (TPSA) is 0 Å². The molecular formula is C10H18. The van der Waals surface area contributed by atoms with Crippen molar-refractivity contribution in [3.8, 4) is 0 Å². The molecule has 0 radical (unpaired) electrons. The van der Waals surface area contributed by atoms with Crippen LogP contribution in [0, 0.1) is 5.92 Å². The smallest absolute Gasteiger partial charge is 0 e. The van der Waals surface area contributed by atoms with Crippen LogP contribution in [0.5, 0.6) is 0 Å². The Balaban J connectivity index is 0.000001000. The molecular weight excluding hydrogens is 120 g/mol. The molecule has 0 saturated heterocycles. The standard InChI is InChI=1S/C10H16.H2/c1-3-4-10-7-5-9(2)6-8-10;/h3,5,10H,1,4,6-8H2,2H3;1H. The van der Waals surface area contributed by atoms with Gasteiger partial charge in [0.2, 0.25) is 0 Å². The largest absolute Gasteiger partial charge is 0.103 e. The Bertz CT molecular complexity index is 147. The Hall–Kier alpha value is -0.520. The zero-order valence-corrected chi connectivity index (χ0v) is 6.77. The summed E-state index contributed by atoms with van der Waals surface area (Å²) in [6.45, 7) is 5.98. The average Bonchev–Trinajstić information content (AvgIpc) is 1.95. The summed E-state index contributed by atoms with van der Waals surface area (Å²) in [6.07, 6.45) is 9.56. The third-order valence-corrected chi connectivity index (χ3v) is 2.25. The number of rotatable bonds is 2. The van der Waals surface area contributed by atoms with Crippen molar-refractivity contribution < 1.29 is 1.43 Å². The molecule has 1 atom stereocenters. The van der Waals surface area contributed by atoms with E-state index in [2.05, 4.69) is 19.6 Å². The van der Waals surface area contributed by atoms with Crippen LogP contribution in [-0.4, -0.2) is 0 Å². The highest BCUT2D eigenvalue weighted by Crippen LogP contribution is 2.25. The molecule has 1 aliphatic rings. The molecule has 0 aromatic rings. The van der Waals surface area contributed by atoms with Crippen molar-refractivity contribution in [2.75, 3.05) is 0 Å². The van der Waals surface area contributed by atoms with Crippen LogP contribution in [0.2, 0.25) is 0 Å². The Morgan fingerprint density at radius 1 is 1.90 bits per heavy atom. The molecule has 10 heavy (non-hydrogen) atoms. The van der Waals surface area contributed by atoms with Crippen molar-refractivity contribution in [1.29, 1.82) is 0 Å². The Morgan fingerprint density at radius 3 is 3.20 bits per heavy atom. The summed E-state index contributed by atoms with van der Waals surface area (Å²) in [5.41, 5.74) is 1.57. The summed E-state index contributed by atoms with van der Waals surface area (Å²) >= 11 is 0. The van der Waals surface area contributed by atoms with Crippen molar-refractivity contribution in [2.45, 2.75) is 32.6 Å². The molecule has 0 N–H and O–H groups in total. The van der Waals surface area contributed by atoms with Crippen molar-refractivity contribution >= 4 is 0 Å². The van der Waals surface area contributed by atoms with Gasteiger partial charge in [0.15, 0.2) is 0 Å². The second-order valence-electron chi connectivity index (χ2n) is 3.22. The van der Waals surface area contributed by atoms with Crippen LogP contribution in [0.15, 0.2) is 24.3 Å². The van der Waals surface area contributed by atoms with E-state index >= 15 is 0 Å². The van der Waals surface area contributed by atoms with E-state index in [4.69, 9.17) is 0 Å². The van der Waals surface area contributed by atoms with Crippen LogP contribution in [0.25, 0.3) is 0 Å². The first-order valence-electron chi connectivity index (χ1n) is 4.09. The van der Waals surface area contributed by atoms with Crippen LogP contribution in [0.3, 0.4) is 0 Å². The third-order valence-electron chi connectivity index (χ3n) is 2.25. The van der Waals surface area contributed by atoms with Gasteiger partial charge >= 0.3 is 0 Å². The summed E-state index contributed by atoms with van der Waals surface area (Å²) in [4.78, 5) is 0. The summed E-state index contributed by atoms with van der Waals surface area (Å²) < 4.78 is 0. The molecule has 0 aromatic heterocycles. The maximum Gasteiger partial charge on any atom is 0 e. The van der Waals surface area contributed by atoms with Crippen LogP contribution < -0.4 is 0 Å². The van der Waals surface area contributed by atoms with E-state index in [1.54, 1.807) is 5.57 Å². The minimum atomic E-state index is 0. The fraction of sp³-hybridized carbons (Fsp3) is 0.600. The van der Waals surface area contributed by atoms with Gasteiger partial charge in [0, 0.05) is 1.43 Å². The highest BCUT2D eigenvalue weighted by atomic mass is 14.1. The highest BCUT2D eigenvalue weighted by Gasteiger charge is 2.09. The van der Waals surface area contributed by atoms with Gasteiger partial charge in [-0.05, 0) is 38.5 Å². The second-order valence-corrected chi connectivity index (χ2v) is 3.22. The normalized spacial score (nSPS) is 25.7. The van der Waals surface area contributed by atoms with Gasteiger partial charge in [-0.25, -0.2) is 0 Å². The van der Waals surface area contributed by atoms with Gasteiger partial charge in [-0.3, -0.25) is 0 Å². The van der Waals surface area contributed by atoms with E-state index in [0.29, 0.717) is 0 Å². The predicted molar refractivity (Wildman–Crippen MR) is 48.0 cm³/mol. The van der Waals surface area contributed by atoms with E-state index in [0.717, 1.165) is 5.92 Å². The fourth-order valence-corrected chi connectivity index (χ4v) is 1.47. The zero-order chi connectivity index (χ0) is 7.40. The molecule has 0 aromatic carbocycles. The maximum absolute atomic E-state index is 3.75. The Morgan fingerprint density at radius 2 is 2.70 bits per heavy atom. The first kappa shape index (κ1) is 7.59. The molecule has 0 heteroatoms. The average molecular weight is 138 g/mol. The molecule has 1 aliphatic carbocycles. The fourth-order valence-electron chi connectivity index (χ4n) is 1.47. The summed E-state index contributed by atoms with van der Waals surface area (Å²) in [5.74, 6) is 0.890. The van der Waals surface area contributed by atoms with Crippen molar-refractivity contribution in [2.24, 2.45) is 5.92 Å². The third kappa shape index (κ3) is 2.02. The molecule has 0 fully saturated rings. The van der Waals surface area contributed by atoms with Crippen LogP contribution in [0.4, 0.5) is 0 Å². The van der Waals surface area contributed by atoms with Gasteiger partial charge in [0.25, 0.3) is 0 Å². The maximum atomic E-state index is 3.75. The minimum absolute atomic E-state index is 0. The number of allylic oxidation sites excluding steroid dienone is 3. The van der Waals surface area contributed by atoms with E-state index in [-0.39, 0.29) is 1.43 Å².